The quantitative estimate of drug-likeness (QED) is 0.899. The molecule has 1 aromatic carbocycles. The Labute approximate surface area is 123 Å². The van der Waals surface area contributed by atoms with Crippen molar-refractivity contribution >= 4 is 23.2 Å². The SMILES string of the molecule is CC1(O)CCN(CCC(O)c2cccc(Cl)c2Cl)C1. The van der Waals surface area contributed by atoms with E-state index < -0.39 is 11.7 Å². The molecule has 2 rings (SSSR count). The van der Waals surface area contributed by atoms with Crippen molar-refractivity contribution in [3.8, 4) is 0 Å². The Morgan fingerprint density at radius 3 is 2.79 bits per heavy atom. The fourth-order valence-corrected chi connectivity index (χ4v) is 2.90. The van der Waals surface area contributed by atoms with Gasteiger partial charge in [0.1, 0.15) is 0 Å². The van der Waals surface area contributed by atoms with Gasteiger partial charge < -0.3 is 15.1 Å². The molecule has 1 aromatic rings. The molecule has 1 aliphatic rings. The number of β-amino-alcohol motifs (C(OH)–C–C–N with tert-alkyl or cyclic N) is 1. The van der Waals surface area contributed by atoms with E-state index in [1.165, 1.54) is 0 Å². The summed E-state index contributed by atoms with van der Waals surface area (Å²) < 4.78 is 0. The van der Waals surface area contributed by atoms with Crippen molar-refractivity contribution in [3.63, 3.8) is 0 Å². The van der Waals surface area contributed by atoms with Crippen LogP contribution in [0.25, 0.3) is 0 Å². The van der Waals surface area contributed by atoms with Crippen molar-refractivity contribution in [3.05, 3.63) is 33.8 Å². The summed E-state index contributed by atoms with van der Waals surface area (Å²) >= 11 is 12.0. The maximum absolute atomic E-state index is 10.2. The zero-order valence-corrected chi connectivity index (χ0v) is 12.5. The van der Waals surface area contributed by atoms with Crippen LogP contribution in [0.3, 0.4) is 0 Å². The van der Waals surface area contributed by atoms with Gasteiger partial charge in [0.25, 0.3) is 0 Å². The molecule has 1 fully saturated rings. The van der Waals surface area contributed by atoms with Gasteiger partial charge in [0.15, 0.2) is 0 Å². The summed E-state index contributed by atoms with van der Waals surface area (Å²) in [6.45, 7) is 4.10. The highest BCUT2D eigenvalue weighted by Gasteiger charge is 2.31. The molecule has 106 valence electrons. The predicted octanol–water partition coefficient (Wildman–Crippen LogP) is 2.87. The van der Waals surface area contributed by atoms with Crippen LogP contribution in [-0.2, 0) is 0 Å². The van der Waals surface area contributed by atoms with E-state index in [1.807, 2.05) is 6.92 Å². The van der Waals surface area contributed by atoms with Crippen molar-refractivity contribution in [2.75, 3.05) is 19.6 Å². The molecule has 19 heavy (non-hydrogen) atoms. The van der Waals surface area contributed by atoms with Gasteiger partial charge in [-0.25, -0.2) is 0 Å². The molecular weight excluding hydrogens is 285 g/mol. The van der Waals surface area contributed by atoms with Crippen molar-refractivity contribution in [2.45, 2.75) is 31.5 Å². The molecule has 0 aromatic heterocycles. The third-order valence-corrected chi connectivity index (χ3v) is 4.42. The molecule has 0 spiro atoms. The van der Waals surface area contributed by atoms with Gasteiger partial charge in [0, 0.05) is 25.2 Å². The van der Waals surface area contributed by atoms with Gasteiger partial charge in [-0.1, -0.05) is 35.3 Å². The molecule has 0 bridgehead atoms. The van der Waals surface area contributed by atoms with Crippen LogP contribution in [0.4, 0.5) is 0 Å². The molecule has 0 saturated carbocycles. The van der Waals surface area contributed by atoms with E-state index in [0.29, 0.717) is 28.6 Å². The lowest BCUT2D eigenvalue weighted by molar-refractivity contribution is 0.0655. The van der Waals surface area contributed by atoms with Gasteiger partial charge >= 0.3 is 0 Å². The number of halogens is 2. The van der Waals surface area contributed by atoms with Crippen LogP contribution in [0, 0.1) is 0 Å². The summed E-state index contributed by atoms with van der Waals surface area (Å²) in [7, 11) is 0. The number of nitrogens with zero attached hydrogens (tertiary/aromatic N) is 1. The first-order valence-electron chi connectivity index (χ1n) is 6.46. The standard InChI is InChI=1S/C14H19Cl2NO2/c1-14(19)6-8-17(9-14)7-5-12(18)10-3-2-4-11(15)13(10)16/h2-4,12,18-19H,5-9H2,1H3. The fourth-order valence-electron chi connectivity index (χ4n) is 2.47. The zero-order chi connectivity index (χ0) is 14.0. The number of hydrogen-bond acceptors (Lipinski definition) is 3. The Morgan fingerprint density at radius 2 is 2.16 bits per heavy atom. The minimum Gasteiger partial charge on any atom is -0.389 e. The first-order valence-corrected chi connectivity index (χ1v) is 7.21. The summed E-state index contributed by atoms with van der Waals surface area (Å²) in [5, 5.41) is 21.0. The highest BCUT2D eigenvalue weighted by Crippen LogP contribution is 2.31. The Morgan fingerprint density at radius 1 is 1.42 bits per heavy atom. The average molecular weight is 304 g/mol. The molecule has 2 atom stereocenters. The van der Waals surface area contributed by atoms with Gasteiger partial charge in [-0.2, -0.15) is 0 Å². The molecule has 3 nitrogen and oxygen atoms in total. The van der Waals surface area contributed by atoms with Crippen LogP contribution in [0.15, 0.2) is 18.2 Å². The van der Waals surface area contributed by atoms with Crippen molar-refractivity contribution in [2.24, 2.45) is 0 Å². The minimum absolute atomic E-state index is 0.421. The van der Waals surface area contributed by atoms with Crippen molar-refractivity contribution in [1.82, 2.24) is 4.90 Å². The molecule has 2 N–H and O–H groups in total. The Balaban J connectivity index is 1.91. The molecule has 5 heteroatoms. The van der Waals surface area contributed by atoms with Gasteiger partial charge in [-0.15, -0.1) is 0 Å². The van der Waals surface area contributed by atoms with E-state index in [-0.39, 0.29) is 0 Å². The predicted molar refractivity (Wildman–Crippen MR) is 77.7 cm³/mol. The fraction of sp³-hybridized carbons (Fsp3) is 0.571. The van der Waals surface area contributed by atoms with Crippen LogP contribution in [0.5, 0.6) is 0 Å². The Hall–Kier alpha value is -0.320. The number of benzene rings is 1. The number of aliphatic hydroxyl groups is 2. The number of likely N-dealkylation sites (tertiary alicyclic amines) is 1. The van der Waals surface area contributed by atoms with E-state index in [4.69, 9.17) is 23.2 Å². The van der Waals surface area contributed by atoms with E-state index in [0.717, 1.165) is 19.5 Å². The molecule has 1 aliphatic heterocycles. The van der Waals surface area contributed by atoms with Crippen LogP contribution >= 0.6 is 23.2 Å². The van der Waals surface area contributed by atoms with Crippen LogP contribution in [-0.4, -0.2) is 40.3 Å². The minimum atomic E-state index is -0.628. The molecule has 0 aliphatic carbocycles. The van der Waals surface area contributed by atoms with Gasteiger partial charge in [0.2, 0.25) is 0 Å². The lowest BCUT2D eigenvalue weighted by atomic mass is 10.1. The maximum atomic E-state index is 10.2. The average Bonchev–Trinajstić information content (AvgIpc) is 2.69. The van der Waals surface area contributed by atoms with E-state index in [9.17, 15) is 10.2 Å². The maximum Gasteiger partial charge on any atom is 0.0817 e. The summed E-state index contributed by atoms with van der Waals surface area (Å²) in [4.78, 5) is 2.15. The van der Waals surface area contributed by atoms with Crippen molar-refractivity contribution in [1.29, 1.82) is 0 Å². The molecule has 0 amide bonds. The van der Waals surface area contributed by atoms with Gasteiger partial charge in [-0.3, -0.25) is 0 Å². The van der Waals surface area contributed by atoms with Gasteiger partial charge in [-0.05, 0) is 25.8 Å². The second-order valence-electron chi connectivity index (χ2n) is 5.47. The molecular formula is C14H19Cl2NO2. The molecule has 2 unspecified atom stereocenters. The number of rotatable bonds is 4. The molecule has 0 radical (unpaired) electrons. The zero-order valence-electron chi connectivity index (χ0n) is 10.9. The normalized spacial score (nSPS) is 25.7. The highest BCUT2D eigenvalue weighted by atomic mass is 35.5. The smallest absolute Gasteiger partial charge is 0.0817 e. The topological polar surface area (TPSA) is 43.7 Å². The third kappa shape index (κ3) is 3.83. The Bertz CT molecular complexity index is 451. The molecule has 1 heterocycles. The molecule has 1 saturated heterocycles. The van der Waals surface area contributed by atoms with Gasteiger partial charge in [0.05, 0.1) is 21.8 Å². The third-order valence-electron chi connectivity index (χ3n) is 3.59. The summed E-state index contributed by atoms with van der Waals surface area (Å²) in [5.41, 5.74) is 0.0682. The monoisotopic (exact) mass is 303 g/mol. The lowest BCUT2D eigenvalue weighted by Gasteiger charge is -2.20. The summed E-state index contributed by atoms with van der Waals surface area (Å²) in [6.07, 6.45) is 0.730. The first kappa shape index (κ1) is 15.1. The second kappa shape index (κ2) is 5.98. The first-order chi connectivity index (χ1) is 8.89. The second-order valence-corrected chi connectivity index (χ2v) is 6.26. The number of hydrogen-bond donors (Lipinski definition) is 2. The highest BCUT2D eigenvalue weighted by molar-refractivity contribution is 6.42. The Kier molecular flexibility index (Phi) is 4.75. The van der Waals surface area contributed by atoms with E-state index >= 15 is 0 Å². The van der Waals surface area contributed by atoms with Crippen LogP contribution < -0.4 is 0 Å². The summed E-state index contributed by atoms with van der Waals surface area (Å²) in [5.74, 6) is 0. The van der Waals surface area contributed by atoms with E-state index in [2.05, 4.69) is 4.90 Å². The van der Waals surface area contributed by atoms with Crippen molar-refractivity contribution < 1.29 is 10.2 Å². The number of aliphatic hydroxyl groups excluding tert-OH is 1. The van der Waals surface area contributed by atoms with Crippen LogP contribution in [0.2, 0.25) is 10.0 Å². The summed E-state index contributed by atoms with van der Waals surface area (Å²) in [6, 6.07) is 5.28. The van der Waals surface area contributed by atoms with Crippen LogP contribution in [0.1, 0.15) is 31.4 Å². The van der Waals surface area contributed by atoms with E-state index in [1.54, 1.807) is 18.2 Å². The lowest BCUT2D eigenvalue weighted by Crippen LogP contribution is -2.30. The largest absolute Gasteiger partial charge is 0.389 e.